The molecule has 4 rings (SSSR count). The number of carbonyl (C=O) groups is 1. The highest BCUT2D eigenvalue weighted by Crippen LogP contribution is 2.55. The van der Waals surface area contributed by atoms with Gasteiger partial charge in [0.05, 0.1) is 27.4 Å². The third-order valence-corrected chi connectivity index (χ3v) is 7.80. The topological polar surface area (TPSA) is 103 Å². The summed E-state index contributed by atoms with van der Waals surface area (Å²) in [5.74, 6) is -3.28. The van der Waals surface area contributed by atoms with E-state index >= 15 is 8.78 Å². The number of rotatable bonds is 9. The Morgan fingerprint density at radius 2 is 1.65 bits per heavy atom. The highest BCUT2D eigenvalue weighted by molar-refractivity contribution is 5.85. The molecule has 11 heteroatoms. The zero-order valence-corrected chi connectivity index (χ0v) is 24.3. The molecule has 0 radical (unpaired) electrons. The van der Waals surface area contributed by atoms with Crippen molar-refractivity contribution in [2.24, 2.45) is 10.8 Å². The number of halogens is 2. The van der Waals surface area contributed by atoms with E-state index < -0.39 is 34.3 Å². The molecule has 1 atom stereocenters. The van der Waals surface area contributed by atoms with Gasteiger partial charge >= 0.3 is 5.92 Å². The van der Waals surface area contributed by atoms with Gasteiger partial charge in [0, 0.05) is 24.7 Å². The number of alkyl halides is 2. The predicted octanol–water partition coefficient (Wildman–Crippen LogP) is 5.55. The first kappa shape index (κ1) is 29.9. The lowest BCUT2D eigenvalue weighted by Gasteiger charge is -2.51. The van der Waals surface area contributed by atoms with Crippen LogP contribution in [0.2, 0.25) is 0 Å². The van der Waals surface area contributed by atoms with Crippen molar-refractivity contribution in [2.45, 2.75) is 84.0 Å². The molecule has 1 aliphatic carbocycles. The molecule has 0 spiro atoms. The highest BCUT2D eigenvalue weighted by atomic mass is 19.3. The fraction of sp³-hybridized carbons (Fsp3) is 0.655. The second-order valence-electron chi connectivity index (χ2n) is 12.5. The molecule has 1 N–H and O–H groups in total. The van der Waals surface area contributed by atoms with Crippen molar-refractivity contribution in [1.82, 2.24) is 10.1 Å². The number of carbonyl (C=O) groups excluding carboxylic acids is 1. The van der Waals surface area contributed by atoms with E-state index in [4.69, 9.17) is 23.5 Å². The van der Waals surface area contributed by atoms with Gasteiger partial charge < -0.3 is 33.5 Å². The summed E-state index contributed by atoms with van der Waals surface area (Å²) < 4.78 is 59.0. The Kier molecular flexibility index (Phi) is 8.01. The molecule has 2 heterocycles. The van der Waals surface area contributed by atoms with Crippen molar-refractivity contribution in [1.29, 1.82) is 0 Å². The molecule has 40 heavy (non-hydrogen) atoms. The number of hydrogen-bond acceptors (Lipinski definition) is 8. The third kappa shape index (κ3) is 5.70. The number of hydrogen-bond donors (Lipinski definition) is 1. The Morgan fingerprint density at radius 1 is 1.05 bits per heavy atom. The third-order valence-electron chi connectivity index (χ3n) is 7.80. The molecular weight excluding hydrogens is 526 g/mol. The number of likely N-dealkylation sites (tertiary alicyclic amines) is 1. The van der Waals surface area contributed by atoms with Crippen LogP contribution in [0.3, 0.4) is 0 Å². The van der Waals surface area contributed by atoms with Gasteiger partial charge in [-0.2, -0.15) is 8.78 Å². The Hall–Kier alpha value is -3.08. The lowest BCUT2D eigenvalue weighted by atomic mass is 9.58. The summed E-state index contributed by atoms with van der Waals surface area (Å²) in [6.07, 6.45) is 1.35. The van der Waals surface area contributed by atoms with Gasteiger partial charge in [0.15, 0.2) is 17.3 Å². The summed E-state index contributed by atoms with van der Waals surface area (Å²) >= 11 is 0. The van der Waals surface area contributed by atoms with E-state index in [2.05, 4.69) is 5.16 Å². The van der Waals surface area contributed by atoms with Crippen LogP contribution < -0.4 is 18.9 Å². The maximum absolute atomic E-state index is 15.9. The molecule has 222 valence electrons. The van der Waals surface area contributed by atoms with Crippen LogP contribution in [-0.4, -0.2) is 60.5 Å². The molecule has 2 fully saturated rings. The smallest absolute Gasteiger partial charge is 0.352 e. The van der Waals surface area contributed by atoms with Gasteiger partial charge in [-0.05, 0) is 42.9 Å². The average Bonchev–Trinajstić information content (AvgIpc) is 3.53. The first-order valence-electron chi connectivity index (χ1n) is 13.4. The van der Waals surface area contributed by atoms with Crippen LogP contribution in [0.5, 0.6) is 23.0 Å². The Labute approximate surface area is 233 Å². The molecule has 1 amide bonds. The van der Waals surface area contributed by atoms with Crippen LogP contribution >= 0.6 is 0 Å². The molecule has 1 aromatic heterocycles. The first-order chi connectivity index (χ1) is 18.6. The van der Waals surface area contributed by atoms with E-state index in [-0.39, 0.29) is 26.0 Å². The average molecular weight is 567 g/mol. The van der Waals surface area contributed by atoms with Gasteiger partial charge in [0.1, 0.15) is 23.7 Å². The van der Waals surface area contributed by atoms with Gasteiger partial charge in [0.2, 0.25) is 5.75 Å². The summed E-state index contributed by atoms with van der Waals surface area (Å²) in [5.41, 5.74) is -3.15. The number of aromatic nitrogens is 1. The molecule has 1 aromatic carbocycles. The van der Waals surface area contributed by atoms with Crippen LogP contribution in [-0.2, 0) is 11.4 Å². The van der Waals surface area contributed by atoms with E-state index in [0.717, 1.165) is 4.90 Å². The molecule has 1 unspecified atom stereocenters. The van der Waals surface area contributed by atoms with Crippen LogP contribution in [0.4, 0.5) is 8.78 Å². The second kappa shape index (κ2) is 10.7. The standard InChI is InChI=1S/C29H40F2N2O7/c1-26(2)15-27(3,4)17-28(35,16-26)29(30,31)25(34)33-10-8-9-21(33)20-11-19(40-32-20)14-39-18-12-22(36-5)24(38-7)23(13-18)37-6/h11-13,21,35H,8-10,14-17H2,1-7H3. The van der Waals surface area contributed by atoms with Crippen molar-refractivity contribution in [3.05, 3.63) is 29.7 Å². The molecule has 2 aliphatic rings. The molecule has 1 saturated heterocycles. The van der Waals surface area contributed by atoms with Gasteiger partial charge in [-0.3, -0.25) is 4.79 Å². The van der Waals surface area contributed by atoms with Gasteiger partial charge in [-0.15, -0.1) is 0 Å². The quantitative estimate of drug-likeness (QED) is 0.422. The van der Waals surface area contributed by atoms with E-state index in [9.17, 15) is 9.90 Å². The minimum Gasteiger partial charge on any atom is -0.493 e. The monoisotopic (exact) mass is 566 g/mol. The number of nitrogens with zero attached hydrogens (tertiary/aromatic N) is 2. The maximum Gasteiger partial charge on any atom is 0.352 e. The lowest BCUT2D eigenvalue weighted by molar-refractivity contribution is -0.231. The molecule has 1 aliphatic heterocycles. The van der Waals surface area contributed by atoms with Crippen molar-refractivity contribution in [2.75, 3.05) is 27.9 Å². The first-order valence-corrected chi connectivity index (χ1v) is 13.4. The van der Waals surface area contributed by atoms with Crippen molar-refractivity contribution in [3.63, 3.8) is 0 Å². The molecular formula is C29H40F2N2O7. The van der Waals surface area contributed by atoms with E-state index in [1.54, 1.807) is 18.2 Å². The summed E-state index contributed by atoms with van der Waals surface area (Å²) in [6, 6.07) is 4.19. The maximum atomic E-state index is 15.9. The molecule has 0 bridgehead atoms. The van der Waals surface area contributed by atoms with Crippen LogP contribution in [0.15, 0.2) is 22.7 Å². The number of ether oxygens (including phenoxy) is 4. The number of benzene rings is 1. The molecule has 9 nitrogen and oxygen atoms in total. The lowest BCUT2D eigenvalue weighted by Crippen LogP contribution is -2.62. The highest BCUT2D eigenvalue weighted by Gasteiger charge is 2.65. The minimum absolute atomic E-state index is 0.00756. The zero-order valence-electron chi connectivity index (χ0n) is 24.3. The second-order valence-corrected chi connectivity index (χ2v) is 12.5. The van der Waals surface area contributed by atoms with E-state index in [1.165, 1.54) is 21.3 Å². The predicted molar refractivity (Wildman–Crippen MR) is 142 cm³/mol. The Balaban J connectivity index is 1.49. The van der Waals surface area contributed by atoms with Crippen LogP contribution in [0.25, 0.3) is 0 Å². The van der Waals surface area contributed by atoms with Crippen molar-refractivity contribution in [3.8, 4) is 23.0 Å². The summed E-state index contributed by atoms with van der Waals surface area (Å²) in [4.78, 5) is 14.5. The zero-order chi connectivity index (χ0) is 29.5. The molecule has 1 saturated carbocycles. The number of aliphatic hydroxyl groups is 1. The van der Waals surface area contributed by atoms with Gasteiger partial charge in [-0.1, -0.05) is 32.9 Å². The normalized spacial score (nSPS) is 21.6. The van der Waals surface area contributed by atoms with Crippen LogP contribution in [0.1, 0.15) is 77.3 Å². The van der Waals surface area contributed by atoms with Crippen LogP contribution in [0, 0.1) is 10.8 Å². The van der Waals surface area contributed by atoms with Crippen molar-refractivity contribution < 1.29 is 42.2 Å². The summed E-state index contributed by atoms with van der Waals surface area (Å²) in [6.45, 7) is 7.56. The Bertz CT molecular complexity index is 1190. The van der Waals surface area contributed by atoms with Crippen molar-refractivity contribution >= 4 is 5.91 Å². The van der Waals surface area contributed by atoms with Gasteiger partial charge in [-0.25, -0.2) is 0 Å². The minimum atomic E-state index is -3.95. The SMILES string of the molecule is COc1cc(OCc2cc(C3CCCN3C(=O)C(F)(F)C3(O)CC(C)(C)CC(C)(C)C3)no2)cc(OC)c1OC. The number of amides is 1. The van der Waals surface area contributed by atoms with E-state index in [0.29, 0.717) is 53.7 Å². The fourth-order valence-electron chi connectivity index (χ4n) is 6.83. The largest absolute Gasteiger partial charge is 0.493 e. The Morgan fingerprint density at radius 3 is 2.20 bits per heavy atom. The number of methoxy groups -OCH3 is 3. The van der Waals surface area contributed by atoms with Gasteiger partial charge in [0.25, 0.3) is 5.91 Å². The molecule has 2 aromatic rings. The van der Waals surface area contributed by atoms with E-state index in [1.807, 2.05) is 27.7 Å². The fourth-order valence-corrected chi connectivity index (χ4v) is 6.83. The summed E-state index contributed by atoms with van der Waals surface area (Å²) in [7, 11) is 4.49. The summed E-state index contributed by atoms with van der Waals surface area (Å²) in [5, 5.41) is 15.3.